The lowest BCUT2D eigenvalue weighted by atomic mass is 9.83. The summed E-state index contributed by atoms with van der Waals surface area (Å²) < 4.78 is 0. The predicted molar refractivity (Wildman–Crippen MR) is 89.4 cm³/mol. The van der Waals surface area contributed by atoms with Gasteiger partial charge in [0.2, 0.25) is 0 Å². The first-order valence-corrected chi connectivity index (χ1v) is 8.55. The van der Waals surface area contributed by atoms with Crippen LogP contribution in [-0.4, -0.2) is 30.1 Å². The zero-order valence-corrected chi connectivity index (χ0v) is 13.9. The molecular weight excluding hydrogens is 256 g/mol. The van der Waals surface area contributed by atoms with Crippen LogP contribution in [0.1, 0.15) is 52.0 Å². The quantitative estimate of drug-likeness (QED) is 0.910. The minimum absolute atomic E-state index is 0.124. The number of hydrogen-bond acceptors (Lipinski definition) is 2. The molecule has 1 aromatic carbocycles. The molecule has 2 fully saturated rings. The lowest BCUT2D eigenvalue weighted by Crippen LogP contribution is -2.66. The van der Waals surface area contributed by atoms with E-state index in [0.717, 1.165) is 19.0 Å². The molecule has 2 nitrogen and oxygen atoms in total. The molecule has 0 radical (unpaired) electrons. The Labute approximate surface area is 129 Å². The molecule has 2 aliphatic rings. The van der Waals surface area contributed by atoms with Crippen LogP contribution < -0.4 is 5.32 Å². The second kappa shape index (κ2) is 5.73. The van der Waals surface area contributed by atoms with Gasteiger partial charge in [-0.05, 0) is 45.1 Å². The highest BCUT2D eigenvalue weighted by molar-refractivity contribution is 5.26. The van der Waals surface area contributed by atoms with Gasteiger partial charge >= 0.3 is 0 Å². The van der Waals surface area contributed by atoms with Crippen molar-refractivity contribution in [2.24, 2.45) is 5.92 Å². The van der Waals surface area contributed by atoms with Gasteiger partial charge in [0, 0.05) is 25.2 Å². The van der Waals surface area contributed by atoms with Crippen LogP contribution in [0.3, 0.4) is 0 Å². The maximum Gasteiger partial charge on any atom is 0.0558 e. The van der Waals surface area contributed by atoms with Gasteiger partial charge in [-0.1, -0.05) is 43.2 Å². The second-order valence-corrected chi connectivity index (χ2v) is 7.91. The molecule has 2 heteroatoms. The topological polar surface area (TPSA) is 15.3 Å². The van der Waals surface area contributed by atoms with Crippen LogP contribution in [0.2, 0.25) is 0 Å². The van der Waals surface area contributed by atoms with Crippen LogP contribution in [-0.2, 0) is 5.54 Å². The van der Waals surface area contributed by atoms with Crippen LogP contribution in [0, 0.1) is 5.92 Å². The van der Waals surface area contributed by atoms with E-state index in [1.54, 1.807) is 0 Å². The molecule has 0 spiro atoms. The smallest absolute Gasteiger partial charge is 0.0558 e. The molecule has 1 atom stereocenters. The van der Waals surface area contributed by atoms with Gasteiger partial charge in [0.25, 0.3) is 0 Å². The van der Waals surface area contributed by atoms with Gasteiger partial charge in [-0.15, -0.1) is 0 Å². The number of nitrogens with one attached hydrogen (secondary N) is 1. The fourth-order valence-corrected chi connectivity index (χ4v) is 4.08. The van der Waals surface area contributed by atoms with Crippen LogP contribution in [0.5, 0.6) is 0 Å². The Bertz CT molecular complexity index is 462. The lowest BCUT2D eigenvalue weighted by Gasteiger charge is -2.52. The highest BCUT2D eigenvalue weighted by Gasteiger charge is 2.42. The van der Waals surface area contributed by atoms with Crippen molar-refractivity contribution in [1.29, 1.82) is 0 Å². The summed E-state index contributed by atoms with van der Waals surface area (Å²) >= 11 is 0. The molecule has 1 aromatic rings. The molecule has 1 heterocycles. The second-order valence-electron chi connectivity index (χ2n) is 7.91. The summed E-state index contributed by atoms with van der Waals surface area (Å²) in [5.74, 6) is 0.905. The highest BCUT2D eigenvalue weighted by Crippen LogP contribution is 2.36. The number of nitrogens with zero attached hydrogens (tertiary/aromatic N) is 1. The van der Waals surface area contributed by atoms with Gasteiger partial charge in [0.1, 0.15) is 0 Å². The molecule has 21 heavy (non-hydrogen) atoms. The number of piperazine rings is 1. The van der Waals surface area contributed by atoms with Crippen LogP contribution >= 0.6 is 0 Å². The third-order valence-electron chi connectivity index (χ3n) is 5.54. The summed E-state index contributed by atoms with van der Waals surface area (Å²) in [5, 5.41) is 3.76. The fourth-order valence-electron chi connectivity index (χ4n) is 4.08. The zero-order valence-electron chi connectivity index (χ0n) is 13.9. The maximum atomic E-state index is 3.76. The van der Waals surface area contributed by atoms with Gasteiger partial charge in [0.15, 0.2) is 0 Å². The molecular formula is C19H30N2. The van der Waals surface area contributed by atoms with Gasteiger partial charge in [-0.3, -0.25) is 4.90 Å². The first-order chi connectivity index (χ1) is 10.00. The third kappa shape index (κ3) is 3.17. The van der Waals surface area contributed by atoms with Crippen molar-refractivity contribution in [2.45, 2.75) is 57.5 Å². The summed E-state index contributed by atoms with van der Waals surface area (Å²) in [4.78, 5) is 2.76. The molecule has 1 N–H and O–H groups in total. The van der Waals surface area contributed by atoms with E-state index >= 15 is 0 Å². The van der Waals surface area contributed by atoms with Crippen molar-refractivity contribution in [3.05, 3.63) is 35.9 Å². The Balaban J connectivity index is 1.85. The van der Waals surface area contributed by atoms with Crippen molar-refractivity contribution in [2.75, 3.05) is 19.6 Å². The third-order valence-corrected chi connectivity index (χ3v) is 5.54. The van der Waals surface area contributed by atoms with Crippen LogP contribution in [0.25, 0.3) is 0 Å². The van der Waals surface area contributed by atoms with Crippen molar-refractivity contribution in [1.82, 2.24) is 10.2 Å². The van der Waals surface area contributed by atoms with Gasteiger partial charge < -0.3 is 5.32 Å². The van der Waals surface area contributed by atoms with Gasteiger partial charge in [-0.25, -0.2) is 0 Å². The van der Waals surface area contributed by atoms with Crippen LogP contribution in [0.15, 0.2) is 30.3 Å². The minimum Gasteiger partial charge on any atom is -0.308 e. The Hall–Kier alpha value is -0.860. The number of benzene rings is 1. The first-order valence-electron chi connectivity index (χ1n) is 8.55. The molecule has 1 aliphatic carbocycles. The molecule has 0 bridgehead atoms. The molecule has 0 aromatic heterocycles. The van der Waals surface area contributed by atoms with E-state index in [0.29, 0.717) is 0 Å². The Morgan fingerprint density at radius 1 is 1.10 bits per heavy atom. The van der Waals surface area contributed by atoms with Crippen molar-refractivity contribution in [3.63, 3.8) is 0 Å². The first kappa shape index (κ1) is 15.1. The molecule has 1 saturated carbocycles. The van der Waals surface area contributed by atoms with E-state index in [-0.39, 0.29) is 11.1 Å². The number of hydrogen-bond donors (Lipinski definition) is 1. The minimum atomic E-state index is 0.124. The zero-order chi connectivity index (χ0) is 14.9. The molecule has 1 aliphatic heterocycles. The Morgan fingerprint density at radius 3 is 2.43 bits per heavy atom. The van der Waals surface area contributed by atoms with Crippen molar-refractivity contribution in [3.8, 4) is 0 Å². The van der Waals surface area contributed by atoms with Gasteiger partial charge in [0.05, 0.1) is 5.54 Å². The molecule has 3 rings (SSSR count). The van der Waals surface area contributed by atoms with E-state index in [4.69, 9.17) is 0 Å². The summed E-state index contributed by atoms with van der Waals surface area (Å²) in [7, 11) is 0. The molecule has 1 unspecified atom stereocenters. The average Bonchev–Trinajstić information content (AvgIpc) is 2.97. The molecule has 116 valence electrons. The monoisotopic (exact) mass is 286 g/mol. The number of rotatable bonds is 3. The largest absolute Gasteiger partial charge is 0.308 e. The Morgan fingerprint density at radius 2 is 1.76 bits per heavy atom. The summed E-state index contributed by atoms with van der Waals surface area (Å²) in [6.45, 7) is 10.5. The van der Waals surface area contributed by atoms with Crippen molar-refractivity contribution < 1.29 is 0 Å². The summed E-state index contributed by atoms with van der Waals surface area (Å²) in [5.41, 5.74) is 1.79. The summed E-state index contributed by atoms with van der Waals surface area (Å²) in [6.07, 6.45) is 5.72. The highest BCUT2D eigenvalue weighted by atomic mass is 15.3. The van der Waals surface area contributed by atoms with E-state index in [2.05, 4.69) is 61.3 Å². The SMILES string of the molecule is CC1(C)CN(CC2CCCC2)C(C)(c2ccccc2)CN1. The average molecular weight is 286 g/mol. The lowest BCUT2D eigenvalue weighted by molar-refractivity contribution is 0.0123. The Kier molecular flexibility index (Phi) is 4.11. The fraction of sp³-hybridized carbons (Fsp3) is 0.684. The maximum absolute atomic E-state index is 3.76. The predicted octanol–water partition coefficient (Wildman–Crippen LogP) is 3.78. The van der Waals surface area contributed by atoms with E-state index in [1.165, 1.54) is 37.8 Å². The summed E-state index contributed by atoms with van der Waals surface area (Å²) in [6, 6.07) is 11.1. The van der Waals surface area contributed by atoms with Gasteiger partial charge in [-0.2, -0.15) is 0 Å². The molecule has 1 saturated heterocycles. The van der Waals surface area contributed by atoms with E-state index < -0.39 is 0 Å². The van der Waals surface area contributed by atoms with E-state index in [9.17, 15) is 0 Å². The van der Waals surface area contributed by atoms with E-state index in [1.807, 2.05) is 0 Å². The standard InChI is InChI=1S/C19H30N2/c1-18(2)15-21(13-16-9-7-8-10-16)19(3,14-20-18)17-11-5-4-6-12-17/h4-6,11-12,16,20H,7-10,13-15H2,1-3H3. The molecule has 0 amide bonds. The normalized spacial score (nSPS) is 30.6. The van der Waals surface area contributed by atoms with Crippen molar-refractivity contribution >= 4 is 0 Å². The van der Waals surface area contributed by atoms with Crippen LogP contribution in [0.4, 0.5) is 0 Å².